The summed E-state index contributed by atoms with van der Waals surface area (Å²) in [5, 5.41) is 42.1. The smallest absolute Gasteiger partial charge is 0.335 e. The monoisotopic (exact) mass is 1620 g/mol. The van der Waals surface area contributed by atoms with Crippen molar-refractivity contribution in [3.63, 3.8) is 0 Å². The third-order valence-electron chi connectivity index (χ3n) is 16.0. The van der Waals surface area contributed by atoms with Crippen molar-refractivity contribution >= 4 is 107 Å². The first-order valence-electron chi connectivity index (χ1n) is 40.4. The second-order valence-corrected chi connectivity index (χ2v) is 24.8. The number of carbonyl (C=O) groups excluding carboxylic acids is 17. The Morgan fingerprint density at radius 3 is 1.05 bits per heavy atom. The van der Waals surface area contributed by atoms with Gasteiger partial charge in [-0.1, -0.05) is 66.7 Å². The SMILES string of the molecule is [2H]CC(=O)OC[C@@H](OC(=O)C[2H])[C@@H](OC(=O)C[2H])[C@H](OC(=O)C[2H])[C@@H](OC(=O)C[2H])C(=O)N[C@@H]1[C@@H](OC(C)=O)[C@H](OC(C)=O)[C@@H](CN(C[C@H]2O[C@@](O)(Cc3ccccc3)[C@H](NC(=O)[C@H](OC(=O)C[2H])[C@@H](OC(=O)C[2H])[C@H](OC(=O)C[2H])[C@@H](COC(=O)C[2H])OC(=O)C[2H])[C@@H](OC(C)=O)[C@@H]2OC(C)=O)C(=O)c2cccc(C(=O)O)c2)O[C@@]1(O)Cc1ccccc1. The highest BCUT2D eigenvalue weighted by Gasteiger charge is 2.62. The molecule has 2 saturated heterocycles. The summed E-state index contributed by atoms with van der Waals surface area (Å²) >= 11 is 0. The molecule has 2 aliphatic rings. The van der Waals surface area contributed by atoms with Crippen LogP contribution < -0.4 is 10.6 Å². The zero-order valence-corrected chi connectivity index (χ0v) is 61.3. The Kier molecular flexibility index (Phi) is 28.5. The van der Waals surface area contributed by atoms with E-state index < -0.39 is 336 Å². The predicted molar refractivity (Wildman–Crippen MR) is 373 cm³/mol. The van der Waals surface area contributed by atoms with E-state index in [2.05, 4.69) is 10.6 Å². The van der Waals surface area contributed by atoms with Gasteiger partial charge in [-0.3, -0.25) is 81.5 Å². The molecule has 18 atom stereocenters. The normalized spacial score (nSPS) is 23.4. The fraction of sp³-hybridized carbons (Fsp3) is 0.514. The summed E-state index contributed by atoms with van der Waals surface area (Å²) in [6, 6.07) is 12.4. The molecule has 5 rings (SSSR count). The number of carboxylic acid groups (broad SMARTS) is 1. The van der Waals surface area contributed by atoms with E-state index in [0.29, 0.717) is 4.90 Å². The molecule has 2 heterocycles. The summed E-state index contributed by atoms with van der Waals surface area (Å²) in [5.41, 5.74) is -1.25. The van der Waals surface area contributed by atoms with Crippen molar-refractivity contribution in [2.75, 3.05) is 26.3 Å². The van der Waals surface area contributed by atoms with Gasteiger partial charge in [-0.2, -0.15) is 0 Å². The summed E-state index contributed by atoms with van der Waals surface area (Å²) in [7, 11) is 0. The zero-order chi connectivity index (χ0) is 92.5. The molecule has 3 amide bonds. The van der Waals surface area contributed by atoms with E-state index in [0.717, 1.165) is 52.0 Å². The Hall–Kier alpha value is -12.0. The van der Waals surface area contributed by atoms with Gasteiger partial charge in [0.2, 0.25) is 12.2 Å². The number of carboxylic acids is 1. The number of amides is 3. The van der Waals surface area contributed by atoms with E-state index in [1.54, 1.807) is 0 Å². The lowest BCUT2D eigenvalue weighted by Gasteiger charge is -2.52. The fourth-order valence-electron chi connectivity index (χ4n) is 12.1. The molecule has 2 aliphatic heterocycles. The molecule has 0 aromatic heterocycles. The molecule has 2 fully saturated rings. The zero-order valence-electron chi connectivity index (χ0n) is 71.3. The molecule has 114 heavy (non-hydrogen) atoms. The molecule has 0 saturated carbocycles. The Morgan fingerprint density at radius 1 is 0.404 bits per heavy atom. The molecule has 40 heteroatoms. The van der Waals surface area contributed by atoms with E-state index in [-0.39, 0.29) is 11.1 Å². The van der Waals surface area contributed by atoms with Gasteiger partial charge in [0, 0.05) is 129 Å². The number of carbonyl (C=O) groups is 18. The summed E-state index contributed by atoms with van der Waals surface area (Å²) in [6.45, 7) is -15.7. The molecule has 3 aromatic carbocycles. The van der Waals surface area contributed by atoms with Crippen LogP contribution in [0.5, 0.6) is 0 Å². The summed E-state index contributed by atoms with van der Waals surface area (Å²) in [6.07, 6.45) is -38.6. The van der Waals surface area contributed by atoms with Crippen LogP contribution in [-0.4, -0.2) is 263 Å². The van der Waals surface area contributed by atoms with Crippen molar-refractivity contribution in [2.24, 2.45) is 0 Å². The number of hydrogen-bond donors (Lipinski definition) is 5. The van der Waals surface area contributed by atoms with E-state index in [9.17, 15) is 87.2 Å². The molecule has 0 spiro atoms. The third-order valence-corrected chi connectivity index (χ3v) is 16.0. The number of aromatic carboxylic acids is 1. The number of ether oxygens (including phenoxy) is 16. The molecule has 622 valence electrons. The van der Waals surface area contributed by atoms with Crippen molar-refractivity contribution < 1.29 is 191 Å². The summed E-state index contributed by atoms with van der Waals surface area (Å²) in [4.78, 5) is 247. The molecule has 0 radical (unpaired) electrons. The van der Waals surface area contributed by atoms with Crippen molar-refractivity contribution in [1.29, 1.82) is 0 Å². The van der Waals surface area contributed by atoms with Gasteiger partial charge in [-0.25, -0.2) is 4.79 Å². The van der Waals surface area contributed by atoms with Gasteiger partial charge in [-0.05, 0) is 29.3 Å². The highest BCUT2D eigenvalue weighted by molar-refractivity contribution is 5.97. The molecule has 0 bridgehead atoms. The van der Waals surface area contributed by atoms with Gasteiger partial charge >= 0.3 is 89.5 Å². The molecule has 0 aliphatic carbocycles. The standard InChI is InChI=1S/C74H89N3O37/c1-35(78)99-33-55(101-37(3)80)59(105-41(7)84)61(107-43(9)86)65(111-47(13)90)69(92)75-67-63(109-45(11)88)57(103-39(5)82)53(113-73(67,97)29-49-22-17-15-18-23-49)31-77(71(94)51-26-21-27-52(28-51)72(95)96)32-54-58(104-40(6)83)64(110-46(12)89)68(74(98,114-54)30-50-24-19-16-20-25-50)76-70(93)66(112-48(14)91)62(108-44(10)87)60(106-42(8)85)56(102-38(4)81)34-100-36(2)79/h15-28,53-68,97-98H,29-34H2,1-14H3,(H,75,92)(H,76,93)(H,95,96)/t53-,54-,55-,56-,57-,58-,59-,60-,61+,62+,63+,64+,65-,66-,67-,68-,73+,74+/m1/s1/i1D,2D,3D,4D,7D,8D,9D,10D,13D,14D. The van der Waals surface area contributed by atoms with Gasteiger partial charge < -0.3 is 107 Å². The number of hydrogen-bond acceptors (Lipinski definition) is 36. The average Bonchev–Trinajstić information content (AvgIpc) is 0.746. The maximum atomic E-state index is 15.9. The highest BCUT2D eigenvalue weighted by Crippen LogP contribution is 2.39. The second kappa shape index (κ2) is 42.0. The quantitative estimate of drug-likeness (QED) is 0.0370. The minimum atomic E-state index is -3.36. The first-order valence-corrected chi connectivity index (χ1v) is 33.3. The van der Waals surface area contributed by atoms with Crippen LogP contribution in [-0.2, 0) is 165 Å². The minimum Gasteiger partial charge on any atom is -0.478 e. The Balaban J connectivity index is 1.90. The lowest BCUT2D eigenvalue weighted by molar-refractivity contribution is -0.323. The number of nitrogens with zero attached hydrogens (tertiary/aromatic N) is 1. The van der Waals surface area contributed by atoms with Crippen LogP contribution in [0, 0.1) is 0 Å². The van der Waals surface area contributed by atoms with Crippen LogP contribution in [0.4, 0.5) is 0 Å². The maximum Gasteiger partial charge on any atom is 0.335 e. The van der Waals surface area contributed by atoms with Gasteiger partial charge in [0.15, 0.2) is 72.6 Å². The molecule has 0 unspecified atom stereocenters. The van der Waals surface area contributed by atoms with E-state index in [1.807, 2.05) is 0 Å². The number of esters is 14. The molecular weight excluding hydrogens is 1520 g/mol. The number of aliphatic hydroxyl groups is 2. The lowest BCUT2D eigenvalue weighted by Crippen LogP contribution is -2.75. The van der Waals surface area contributed by atoms with Gasteiger partial charge in [0.05, 0.1) is 18.7 Å². The van der Waals surface area contributed by atoms with Crippen LogP contribution in [0.2, 0.25) is 0 Å². The van der Waals surface area contributed by atoms with Crippen molar-refractivity contribution in [2.45, 2.75) is 219 Å². The largest absolute Gasteiger partial charge is 0.478 e. The van der Waals surface area contributed by atoms with Crippen molar-refractivity contribution in [1.82, 2.24) is 15.5 Å². The van der Waals surface area contributed by atoms with Crippen LogP contribution >= 0.6 is 0 Å². The average molecular weight is 1620 g/mol. The molecule has 3 aromatic rings. The number of nitrogens with one attached hydrogen (secondary N) is 2. The predicted octanol–water partition coefficient (Wildman–Crippen LogP) is -0.237. The van der Waals surface area contributed by atoms with E-state index in [4.69, 9.17) is 89.5 Å². The minimum absolute atomic E-state index is 0.0103. The number of rotatable bonds is 36. The topological polar surface area (TPSA) is 543 Å². The Bertz CT molecular complexity index is 4050. The van der Waals surface area contributed by atoms with Crippen LogP contribution in [0.1, 0.15) is 142 Å². The highest BCUT2D eigenvalue weighted by atomic mass is 16.7. The molecular formula is C74H89N3O37. The van der Waals surface area contributed by atoms with Crippen molar-refractivity contribution in [3.05, 3.63) is 107 Å². The third kappa shape index (κ3) is 27.7. The Morgan fingerprint density at radius 2 is 0.719 bits per heavy atom. The van der Waals surface area contributed by atoms with E-state index >= 15 is 14.4 Å². The van der Waals surface area contributed by atoms with E-state index in [1.165, 1.54) is 60.7 Å². The van der Waals surface area contributed by atoms with Gasteiger partial charge in [0.25, 0.3) is 17.7 Å². The maximum absolute atomic E-state index is 15.9. The summed E-state index contributed by atoms with van der Waals surface area (Å²) in [5.74, 6) is -35.3. The number of benzene rings is 3. The first-order chi connectivity index (χ1) is 58.7. The Labute approximate surface area is 664 Å². The second-order valence-electron chi connectivity index (χ2n) is 24.8. The van der Waals surface area contributed by atoms with Gasteiger partial charge in [-0.15, -0.1) is 0 Å². The van der Waals surface area contributed by atoms with Crippen molar-refractivity contribution in [3.8, 4) is 0 Å². The molecule has 5 N–H and O–H groups in total. The fourth-order valence-corrected chi connectivity index (χ4v) is 12.1. The molecule has 40 nitrogen and oxygen atoms in total. The van der Waals surface area contributed by atoms with Crippen LogP contribution in [0.3, 0.4) is 0 Å². The van der Waals surface area contributed by atoms with Crippen LogP contribution in [0.25, 0.3) is 0 Å². The van der Waals surface area contributed by atoms with Gasteiger partial charge in [0.1, 0.15) is 37.5 Å². The lowest BCUT2D eigenvalue weighted by atomic mass is 9.84. The van der Waals surface area contributed by atoms with Crippen LogP contribution in [0.15, 0.2) is 84.9 Å². The summed E-state index contributed by atoms with van der Waals surface area (Å²) < 4.78 is 167. The first kappa shape index (κ1) is 77.3.